The van der Waals surface area contributed by atoms with Crippen molar-refractivity contribution in [1.82, 2.24) is 0 Å². The van der Waals surface area contributed by atoms with Gasteiger partial charge in [-0.2, -0.15) is 10.4 Å². The molecule has 1 aliphatic carbocycles. The minimum Gasteiger partial charge on any atom is -0.383 e. The second-order valence-electron chi connectivity index (χ2n) is 6.26. The first-order chi connectivity index (χ1) is 10.8. The van der Waals surface area contributed by atoms with Gasteiger partial charge in [0.05, 0.1) is 5.69 Å². The fourth-order valence-corrected chi connectivity index (χ4v) is 2.88. The molecule has 0 saturated heterocycles. The number of nitriles is 1. The maximum atomic E-state index is 12.5. The van der Waals surface area contributed by atoms with Crippen molar-refractivity contribution in [1.29, 1.82) is 5.26 Å². The molecular formula is C17H15ClN4O. The van der Waals surface area contributed by atoms with Gasteiger partial charge in [0.1, 0.15) is 23.2 Å². The first-order valence-electron chi connectivity index (χ1n) is 7.13. The quantitative estimate of drug-likeness (QED) is 0.859. The van der Waals surface area contributed by atoms with Crippen LogP contribution >= 0.6 is 11.6 Å². The lowest BCUT2D eigenvalue weighted by atomic mass is 9.76. The Hall–Kier alpha value is -2.58. The summed E-state index contributed by atoms with van der Waals surface area (Å²) in [7, 11) is 0. The summed E-state index contributed by atoms with van der Waals surface area (Å²) >= 11 is 5.90. The van der Waals surface area contributed by atoms with Gasteiger partial charge in [-0.15, -0.1) is 0 Å². The van der Waals surface area contributed by atoms with Crippen molar-refractivity contribution in [3.05, 3.63) is 52.3 Å². The van der Waals surface area contributed by atoms with E-state index in [0.717, 1.165) is 0 Å². The molecule has 0 bridgehead atoms. The summed E-state index contributed by atoms with van der Waals surface area (Å²) in [4.78, 5) is 12.5. The van der Waals surface area contributed by atoms with Gasteiger partial charge in [0.2, 0.25) is 0 Å². The van der Waals surface area contributed by atoms with Crippen LogP contribution in [0.4, 0.5) is 5.69 Å². The fraction of sp³-hybridized carbons (Fsp3) is 0.235. The summed E-state index contributed by atoms with van der Waals surface area (Å²) in [6, 6.07) is 8.98. The molecule has 0 aromatic heterocycles. The molecule has 3 rings (SSSR count). The summed E-state index contributed by atoms with van der Waals surface area (Å²) in [5.41, 5.74) is 7.53. The minimum atomic E-state index is -0.323. The third kappa shape index (κ3) is 2.62. The summed E-state index contributed by atoms with van der Waals surface area (Å²) in [5, 5.41) is 15.9. The molecule has 0 atom stereocenters. The van der Waals surface area contributed by atoms with E-state index in [-0.39, 0.29) is 28.3 Å². The highest BCUT2D eigenvalue weighted by Gasteiger charge is 2.37. The van der Waals surface area contributed by atoms with Gasteiger partial charge in [-0.05, 0) is 29.7 Å². The Morgan fingerprint density at radius 2 is 2.00 bits per heavy atom. The normalized spacial score (nSPS) is 19.7. The molecule has 1 aromatic carbocycles. The molecule has 2 N–H and O–H groups in total. The topological polar surface area (TPSA) is 82.5 Å². The van der Waals surface area contributed by atoms with Gasteiger partial charge in [-0.1, -0.05) is 31.5 Å². The number of fused-ring (bicyclic) bond motifs is 1. The molecule has 1 aliphatic heterocycles. The van der Waals surface area contributed by atoms with Crippen molar-refractivity contribution in [2.45, 2.75) is 20.3 Å². The van der Waals surface area contributed by atoms with E-state index in [2.05, 4.69) is 11.2 Å². The van der Waals surface area contributed by atoms with Crippen LogP contribution in [0.1, 0.15) is 20.3 Å². The molecule has 0 spiro atoms. The van der Waals surface area contributed by atoms with Crippen LogP contribution in [0, 0.1) is 16.7 Å². The molecule has 6 heteroatoms. The van der Waals surface area contributed by atoms with E-state index in [4.69, 9.17) is 17.3 Å². The number of hydrazone groups is 1. The largest absolute Gasteiger partial charge is 0.383 e. The highest BCUT2D eigenvalue weighted by molar-refractivity contribution is 6.48. The minimum absolute atomic E-state index is 0.0910. The van der Waals surface area contributed by atoms with Crippen LogP contribution in [0.15, 0.2) is 52.4 Å². The van der Waals surface area contributed by atoms with Gasteiger partial charge in [0.15, 0.2) is 5.78 Å². The first kappa shape index (κ1) is 15.3. The number of allylic oxidation sites excluding steroid dienone is 3. The summed E-state index contributed by atoms with van der Waals surface area (Å²) in [6.07, 6.45) is 2.25. The third-order valence-electron chi connectivity index (χ3n) is 3.81. The molecule has 5 nitrogen and oxygen atoms in total. The number of nitrogens with zero attached hydrogens (tertiary/aromatic N) is 3. The number of carbonyl (C=O) groups is 1. The lowest BCUT2D eigenvalue weighted by molar-refractivity contribution is -0.114. The standard InChI is InChI=1S/C17H15ClN4O/c1-17(2)7-12-13(9-19)16(20)22(21-15(12)14(23)8-17)11-5-3-10(18)4-6-11/h3-7H,8,20H2,1-2H3. The molecule has 0 unspecified atom stereocenters. The zero-order chi connectivity index (χ0) is 16.8. The molecule has 2 aliphatic rings. The number of hydrogen-bond donors (Lipinski definition) is 1. The SMILES string of the molecule is CC1(C)C=C2C(=NN(c3ccc(Cl)cc3)C(N)=C2C#N)C(=O)C1. The van der Waals surface area contributed by atoms with Gasteiger partial charge in [0, 0.05) is 17.0 Å². The number of nitrogens with two attached hydrogens (primary N) is 1. The number of ketones is 1. The summed E-state index contributed by atoms with van der Waals surface area (Å²) in [6.45, 7) is 3.90. The van der Waals surface area contributed by atoms with Gasteiger partial charge >= 0.3 is 0 Å². The molecule has 1 heterocycles. The average molecular weight is 327 g/mol. The lowest BCUT2D eigenvalue weighted by Gasteiger charge is -2.33. The van der Waals surface area contributed by atoms with Crippen molar-refractivity contribution in [3.8, 4) is 6.07 Å². The maximum absolute atomic E-state index is 12.5. The van der Waals surface area contributed by atoms with Crippen molar-refractivity contribution < 1.29 is 4.79 Å². The van der Waals surface area contributed by atoms with E-state index >= 15 is 0 Å². The highest BCUT2D eigenvalue weighted by atomic mass is 35.5. The average Bonchev–Trinajstić information content (AvgIpc) is 2.47. The Labute approximate surface area is 139 Å². The number of Topliss-reactive ketones (excluding diaryl/α,β-unsaturated/α-hetero) is 1. The fourth-order valence-electron chi connectivity index (χ4n) is 2.75. The highest BCUT2D eigenvalue weighted by Crippen LogP contribution is 2.37. The number of hydrogen-bond acceptors (Lipinski definition) is 5. The van der Waals surface area contributed by atoms with E-state index < -0.39 is 0 Å². The maximum Gasteiger partial charge on any atom is 0.184 e. The number of benzene rings is 1. The summed E-state index contributed by atoms with van der Waals surface area (Å²) < 4.78 is 0. The van der Waals surface area contributed by atoms with Crippen molar-refractivity contribution >= 4 is 28.8 Å². The van der Waals surface area contributed by atoms with Crippen LogP contribution < -0.4 is 10.7 Å². The molecule has 0 fully saturated rings. The van der Waals surface area contributed by atoms with E-state index in [1.807, 2.05) is 19.9 Å². The predicted molar refractivity (Wildman–Crippen MR) is 89.7 cm³/mol. The first-order valence-corrected chi connectivity index (χ1v) is 7.51. The molecular weight excluding hydrogens is 312 g/mol. The van der Waals surface area contributed by atoms with Gasteiger partial charge in [-0.25, -0.2) is 5.01 Å². The molecule has 116 valence electrons. The Morgan fingerprint density at radius 3 is 2.61 bits per heavy atom. The lowest BCUT2D eigenvalue weighted by Crippen LogP contribution is -2.38. The monoisotopic (exact) mass is 326 g/mol. The second kappa shape index (κ2) is 5.25. The number of anilines is 1. The van der Waals surface area contributed by atoms with Crippen LogP contribution in [0.2, 0.25) is 5.02 Å². The van der Waals surface area contributed by atoms with Gasteiger partial charge < -0.3 is 5.73 Å². The van der Waals surface area contributed by atoms with E-state index in [1.54, 1.807) is 24.3 Å². The van der Waals surface area contributed by atoms with Crippen LogP contribution in [0.3, 0.4) is 0 Å². The zero-order valence-corrected chi connectivity index (χ0v) is 13.6. The zero-order valence-electron chi connectivity index (χ0n) is 12.8. The Balaban J connectivity index is 2.18. The van der Waals surface area contributed by atoms with E-state index in [0.29, 0.717) is 22.7 Å². The third-order valence-corrected chi connectivity index (χ3v) is 4.06. The van der Waals surface area contributed by atoms with Crippen LogP contribution in [0.5, 0.6) is 0 Å². The van der Waals surface area contributed by atoms with Crippen molar-refractivity contribution in [3.63, 3.8) is 0 Å². The molecule has 1 aromatic rings. The number of halogens is 1. The van der Waals surface area contributed by atoms with Gasteiger partial charge in [-0.3, -0.25) is 4.79 Å². The Bertz CT molecular complexity index is 825. The Kier molecular flexibility index (Phi) is 3.50. The van der Waals surface area contributed by atoms with Crippen LogP contribution in [0.25, 0.3) is 0 Å². The molecule has 0 radical (unpaired) electrons. The molecule has 23 heavy (non-hydrogen) atoms. The van der Waals surface area contributed by atoms with E-state index in [1.165, 1.54) is 5.01 Å². The van der Waals surface area contributed by atoms with Gasteiger partial charge in [0.25, 0.3) is 0 Å². The second-order valence-corrected chi connectivity index (χ2v) is 6.69. The predicted octanol–water partition coefficient (Wildman–Crippen LogP) is 3.14. The van der Waals surface area contributed by atoms with Crippen LogP contribution in [-0.2, 0) is 4.79 Å². The molecule has 0 amide bonds. The Morgan fingerprint density at radius 1 is 1.35 bits per heavy atom. The van der Waals surface area contributed by atoms with E-state index in [9.17, 15) is 10.1 Å². The summed E-state index contributed by atoms with van der Waals surface area (Å²) in [5.74, 6) is 0.113. The van der Waals surface area contributed by atoms with Crippen molar-refractivity contribution in [2.24, 2.45) is 16.3 Å². The number of carbonyl (C=O) groups excluding carboxylic acids is 1. The molecule has 0 saturated carbocycles. The smallest absolute Gasteiger partial charge is 0.184 e. The van der Waals surface area contributed by atoms with Crippen molar-refractivity contribution in [2.75, 3.05) is 5.01 Å². The number of rotatable bonds is 1. The van der Waals surface area contributed by atoms with Crippen LogP contribution in [-0.4, -0.2) is 11.5 Å².